The Kier molecular flexibility index (Phi) is 8.10. The second-order valence-corrected chi connectivity index (χ2v) is 10.5. The monoisotopic (exact) mass is 595 g/mol. The molecule has 2 amide bonds. The smallest absolute Gasteiger partial charge is 0.293 e. The first-order chi connectivity index (χ1) is 19.3. The van der Waals surface area contributed by atoms with Crippen molar-refractivity contribution in [2.75, 3.05) is 36.4 Å². The van der Waals surface area contributed by atoms with E-state index in [9.17, 15) is 19.7 Å². The molecule has 0 radical (unpaired) electrons. The number of benzene rings is 2. The topological polar surface area (TPSA) is 121 Å². The van der Waals surface area contributed by atoms with Crippen LogP contribution in [0.2, 0.25) is 5.02 Å². The van der Waals surface area contributed by atoms with Gasteiger partial charge in [-0.15, -0.1) is 11.3 Å². The number of carbonyl (C=O) groups excluding carboxylic acids is 2. The van der Waals surface area contributed by atoms with Gasteiger partial charge in [-0.2, -0.15) is 0 Å². The molecule has 4 aromatic rings. The van der Waals surface area contributed by atoms with Crippen LogP contribution in [-0.2, 0) is 0 Å². The SMILES string of the molecule is O=C(NC(=S)Nc1ccc(N2CCN(C(=O)c3cccs3)CC2)c(Cl)c1)c1ccc(-c2ccccc2[N+](=O)[O-])o1. The molecule has 0 unspecified atom stereocenters. The molecule has 1 saturated heterocycles. The van der Waals surface area contributed by atoms with Gasteiger partial charge in [0, 0.05) is 37.9 Å². The lowest BCUT2D eigenvalue weighted by molar-refractivity contribution is -0.384. The van der Waals surface area contributed by atoms with Crippen molar-refractivity contribution in [1.29, 1.82) is 0 Å². The van der Waals surface area contributed by atoms with E-state index < -0.39 is 10.8 Å². The molecule has 3 heterocycles. The number of hydrogen-bond acceptors (Lipinski definition) is 8. The number of halogens is 1. The van der Waals surface area contributed by atoms with Crippen LogP contribution in [0.1, 0.15) is 20.2 Å². The van der Waals surface area contributed by atoms with Gasteiger partial charge in [0.1, 0.15) is 5.76 Å². The van der Waals surface area contributed by atoms with E-state index in [1.54, 1.807) is 30.3 Å². The van der Waals surface area contributed by atoms with Crippen LogP contribution in [0.4, 0.5) is 17.1 Å². The summed E-state index contributed by atoms with van der Waals surface area (Å²) < 4.78 is 5.56. The van der Waals surface area contributed by atoms with E-state index in [1.807, 2.05) is 28.5 Å². The van der Waals surface area contributed by atoms with Crippen molar-refractivity contribution in [3.8, 4) is 11.3 Å². The first-order valence-electron chi connectivity index (χ1n) is 12.1. The summed E-state index contributed by atoms with van der Waals surface area (Å²) >= 11 is 13.3. The fourth-order valence-corrected chi connectivity index (χ4v) is 5.52. The van der Waals surface area contributed by atoms with Crippen LogP contribution >= 0.6 is 35.2 Å². The molecule has 0 saturated carbocycles. The Balaban J connectivity index is 1.17. The molecule has 2 aromatic carbocycles. The molecule has 1 aliphatic heterocycles. The largest absolute Gasteiger partial charge is 0.451 e. The summed E-state index contributed by atoms with van der Waals surface area (Å²) in [6.45, 7) is 2.48. The minimum atomic E-state index is -0.611. The van der Waals surface area contributed by atoms with Gasteiger partial charge in [0.15, 0.2) is 10.9 Å². The Morgan fingerprint density at radius 3 is 2.50 bits per heavy atom. The highest BCUT2D eigenvalue weighted by molar-refractivity contribution is 7.80. The Hall–Kier alpha value is -4.26. The number of hydrogen-bond donors (Lipinski definition) is 2. The van der Waals surface area contributed by atoms with Crippen LogP contribution in [0.15, 0.2) is 76.5 Å². The number of carbonyl (C=O) groups is 2. The minimum absolute atomic E-state index is 0.0261. The number of furan rings is 1. The second kappa shape index (κ2) is 11.9. The zero-order valence-corrected chi connectivity index (χ0v) is 23.2. The quantitative estimate of drug-likeness (QED) is 0.166. The number of nitro groups is 1. The fourth-order valence-electron chi connectivity index (χ4n) is 4.32. The second-order valence-electron chi connectivity index (χ2n) is 8.77. The van der Waals surface area contributed by atoms with Crippen LogP contribution in [0.3, 0.4) is 0 Å². The maximum Gasteiger partial charge on any atom is 0.293 e. The molecular formula is C27H22ClN5O5S2. The highest BCUT2D eigenvalue weighted by atomic mass is 35.5. The lowest BCUT2D eigenvalue weighted by Gasteiger charge is -2.36. The van der Waals surface area contributed by atoms with E-state index in [4.69, 9.17) is 28.2 Å². The number of para-hydroxylation sites is 1. The molecule has 1 aliphatic rings. The number of thiophene rings is 1. The fraction of sp³-hybridized carbons (Fsp3) is 0.148. The van der Waals surface area contributed by atoms with Gasteiger partial charge < -0.3 is 19.5 Å². The summed E-state index contributed by atoms with van der Waals surface area (Å²) in [5.41, 5.74) is 1.54. The first-order valence-corrected chi connectivity index (χ1v) is 13.8. The Morgan fingerprint density at radius 1 is 1.02 bits per heavy atom. The summed E-state index contributed by atoms with van der Waals surface area (Å²) in [5, 5.41) is 19.2. The summed E-state index contributed by atoms with van der Waals surface area (Å²) in [4.78, 5) is 40.7. The molecular weight excluding hydrogens is 574 g/mol. The van der Waals surface area contributed by atoms with Crippen LogP contribution in [-0.4, -0.2) is 52.9 Å². The van der Waals surface area contributed by atoms with Crippen molar-refractivity contribution in [1.82, 2.24) is 10.2 Å². The highest BCUT2D eigenvalue weighted by Gasteiger charge is 2.24. The van der Waals surface area contributed by atoms with Gasteiger partial charge in [0.05, 0.1) is 26.1 Å². The summed E-state index contributed by atoms with van der Waals surface area (Å²) in [6.07, 6.45) is 0. The zero-order valence-electron chi connectivity index (χ0n) is 20.8. The van der Waals surface area contributed by atoms with Crippen molar-refractivity contribution in [3.05, 3.63) is 97.9 Å². The number of anilines is 2. The van der Waals surface area contributed by atoms with Gasteiger partial charge in [-0.25, -0.2) is 0 Å². The normalized spacial score (nSPS) is 13.1. The average molecular weight is 596 g/mol. The molecule has 13 heteroatoms. The van der Waals surface area contributed by atoms with E-state index in [1.165, 1.54) is 29.5 Å². The summed E-state index contributed by atoms with van der Waals surface area (Å²) in [7, 11) is 0. The van der Waals surface area contributed by atoms with Gasteiger partial charge in [-0.1, -0.05) is 29.8 Å². The van der Waals surface area contributed by atoms with E-state index in [0.29, 0.717) is 36.9 Å². The number of nitro benzene ring substituents is 1. The van der Waals surface area contributed by atoms with Crippen molar-refractivity contribution in [2.45, 2.75) is 0 Å². The lowest BCUT2D eigenvalue weighted by Crippen LogP contribution is -2.48. The number of thiocarbonyl (C=S) groups is 1. The van der Waals surface area contributed by atoms with E-state index in [-0.39, 0.29) is 33.8 Å². The Labute approximate surface area is 243 Å². The molecule has 40 heavy (non-hydrogen) atoms. The van der Waals surface area contributed by atoms with Crippen molar-refractivity contribution < 1.29 is 18.9 Å². The van der Waals surface area contributed by atoms with Gasteiger partial charge in [0.25, 0.3) is 17.5 Å². The minimum Gasteiger partial charge on any atom is -0.451 e. The van der Waals surface area contributed by atoms with Gasteiger partial charge >= 0.3 is 0 Å². The van der Waals surface area contributed by atoms with Crippen LogP contribution < -0.4 is 15.5 Å². The molecule has 0 spiro atoms. The third-order valence-corrected chi connectivity index (χ3v) is 7.63. The average Bonchev–Trinajstić information content (AvgIpc) is 3.66. The Bertz CT molecular complexity index is 1580. The van der Waals surface area contributed by atoms with Gasteiger partial charge in [-0.3, -0.25) is 25.0 Å². The van der Waals surface area contributed by atoms with Crippen LogP contribution in [0, 0.1) is 10.1 Å². The molecule has 1 fully saturated rings. The summed E-state index contributed by atoms with van der Waals surface area (Å²) in [6, 6.07) is 18.1. The maximum atomic E-state index is 12.7. The van der Waals surface area contributed by atoms with Crippen molar-refractivity contribution in [3.63, 3.8) is 0 Å². The van der Waals surface area contributed by atoms with Gasteiger partial charge in [-0.05, 0) is 60.1 Å². The molecule has 5 rings (SSSR count). The number of piperazine rings is 1. The van der Waals surface area contributed by atoms with E-state index >= 15 is 0 Å². The number of amides is 2. The molecule has 0 atom stereocenters. The third kappa shape index (κ3) is 5.98. The molecule has 2 N–H and O–H groups in total. The standard InChI is InChI=1S/C27H22ClN5O5S2/c28-19-16-17(7-8-21(19)31-11-13-32(14-12-31)26(35)24-6-3-15-40-24)29-27(39)30-25(34)23-10-9-22(38-23)18-4-1-2-5-20(18)33(36)37/h1-10,15-16H,11-14H2,(H2,29,30,34,39). The molecule has 10 nitrogen and oxygen atoms in total. The lowest BCUT2D eigenvalue weighted by atomic mass is 10.1. The molecule has 0 bridgehead atoms. The summed E-state index contributed by atoms with van der Waals surface area (Å²) in [5.74, 6) is -0.430. The first kappa shape index (κ1) is 27.3. The Morgan fingerprint density at radius 2 is 1.80 bits per heavy atom. The van der Waals surface area contributed by atoms with E-state index in [2.05, 4.69) is 15.5 Å². The highest BCUT2D eigenvalue weighted by Crippen LogP contribution is 2.32. The van der Waals surface area contributed by atoms with Crippen LogP contribution in [0.5, 0.6) is 0 Å². The van der Waals surface area contributed by atoms with Crippen molar-refractivity contribution >= 4 is 69.1 Å². The molecule has 2 aromatic heterocycles. The van der Waals surface area contributed by atoms with Crippen molar-refractivity contribution in [2.24, 2.45) is 0 Å². The van der Waals surface area contributed by atoms with Crippen LogP contribution in [0.25, 0.3) is 11.3 Å². The third-order valence-electron chi connectivity index (χ3n) is 6.27. The number of rotatable bonds is 6. The predicted molar refractivity (Wildman–Crippen MR) is 158 cm³/mol. The zero-order chi connectivity index (χ0) is 28.2. The number of nitrogens with one attached hydrogen (secondary N) is 2. The molecule has 204 valence electrons. The van der Waals surface area contributed by atoms with E-state index in [0.717, 1.165) is 10.6 Å². The number of nitrogens with zero attached hydrogens (tertiary/aromatic N) is 3. The van der Waals surface area contributed by atoms with Gasteiger partial charge in [0.2, 0.25) is 0 Å². The maximum absolute atomic E-state index is 12.7. The predicted octanol–water partition coefficient (Wildman–Crippen LogP) is 5.66. The molecule has 0 aliphatic carbocycles.